The monoisotopic (exact) mass is 307 g/mol. The fourth-order valence-electron chi connectivity index (χ4n) is 1.56. The summed E-state index contributed by atoms with van der Waals surface area (Å²) in [5, 5.41) is 8.11. The van der Waals surface area contributed by atoms with Crippen molar-refractivity contribution in [2.24, 2.45) is 4.99 Å². The minimum atomic E-state index is -4.06. The van der Waals surface area contributed by atoms with Crippen LogP contribution in [0, 0.1) is 0 Å². The molecule has 0 atom stereocenters. The van der Waals surface area contributed by atoms with E-state index in [4.69, 9.17) is 0 Å². The second-order valence-corrected chi connectivity index (χ2v) is 5.31. The average molecular weight is 307 g/mol. The normalized spacial score (nSPS) is 12.5. The number of hydrogen-bond donors (Lipinski definition) is 2. The number of alkyl halides is 3. The summed E-state index contributed by atoms with van der Waals surface area (Å²) >= 11 is 1.63. The van der Waals surface area contributed by atoms with Gasteiger partial charge in [0, 0.05) is 24.4 Å². The minimum Gasteiger partial charge on any atom is -0.357 e. The van der Waals surface area contributed by atoms with Crippen LogP contribution in [0.5, 0.6) is 0 Å². The third-order valence-electron chi connectivity index (χ3n) is 2.50. The first-order chi connectivity index (χ1) is 9.51. The predicted octanol–water partition coefficient (Wildman–Crippen LogP) is 3.54. The van der Waals surface area contributed by atoms with Crippen molar-refractivity contribution in [3.05, 3.63) is 22.4 Å². The van der Waals surface area contributed by atoms with Crippen molar-refractivity contribution in [2.45, 2.75) is 38.9 Å². The van der Waals surface area contributed by atoms with Crippen molar-refractivity contribution in [2.75, 3.05) is 13.1 Å². The lowest BCUT2D eigenvalue weighted by molar-refractivity contribution is -0.135. The maximum atomic E-state index is 12.0. The summed E-state index contributed by atoms with van der Waals surface area (Å²) < 4.78 is 36.0. The lowest BCUT2D eigenvalue weighted by Crippen LogP contribution is -2.37. The third kappa shape index (κ3) is 8.04. The second-order valence-electron chi connectivity index (χ2n) is 4.27. The van der Waals surface area contributed by atoms with E-state index in [0.29, 0.717) is 25.5 Å². The highest BCUT2D eigenvalue weighted by Crippen LogP contribution is 2.21. The summed E-state index contributed by atoms with van der Waals surface area (Å²) in [5.74, 6) is 0.646. The molecule has 0 saturated carbocycles. The Balaban J connectivity index is 2.26. The van der Waals surface area contributed by atoms with E-state index in [1.165, 1.54) is 0 Å². The molecule has 3 nitrogen and oxygen atoms in total. The summed E-state index contributed by atoms with van der Waals surface area (Å²) in [5.41, 5.74) is 0. The molecule has 0 radical (unpaired) electrons. The van der Waals surface area contributed by atoms with Gasteiger partial charge in [-0.05, 0) is 31.2 Å². The van der Waals surface area contributed by atoms with E-state index in [0.717, 1.165) is 11.4 Å². The van der Waals surface area contributed by atoms with Crippen LogP contribution in [0.15, 0.2) is 22.5 Å². The topological polar surface area (TPSA) is 36.4 Å². The Morgan fingerprint density at radius 3 is 2.70 bits per heavy atom. The van der Waals surface area contributed by atoms with Gasteiger partial charge in [0.1, 0.15) is 0 Å². The van der Waals surface area contributed by atoms with Gasteiger partial charge in [-0.25, -0.2) is 4.99 Å². The van der Waals surface area contributed by atoms with Gasteiger partial charge in [-0.3, -0.25) is 0 Å². The Kier molecular flexibility index (Phi) is 7.43. The van der Waals surface area contributed by atoms with E-state index < -0.39 is 12.6 Å². The highest BCUT2D eigenvalue weighted by Gasteiger charge is 2.25. The number of rotatable bonds is 7. The SMILES string of the molecule is CCNC(=NCc1cccs1)NCCCCC(F)(F)F. The van der Waals surface area contributed by atoms with E-state index in [9.17, 15) is 13.2 Å². The third-order valence-corrected chi connectivity index (χ3v) is 3.36. The largest absolute Gasteiger partial charge is 0.389 e. The summed E-state index contributed by atoms with van der Waals surface area (Å²) in [6, 6.07) is 3.97. The molecule has 0 saturated heterocycles. The van der Waals surface area contributed by atoms with Crippen LogP contribution in [0.1, 0.15) is 31.1 Å². The number of thiophene rings is 1. The van der Waals surface area contributed by atoms with Crippen molar-refractivity contribution in [3.63, 3.8) is 0 Å². The Morgan fingerprint density at radius 1 is 1.30 bits per heavy atom. The first-order valence-electron chi connectivity index (χ1n) is 6.62. The molecule has 0 amide bonds. The van der Waals surface area contributed by atoms with Gasteiger partial charge in [0.05, 0.1) is 6.54 Å². The number of aliphatic imine (C=N–C) groups is 1. The fraction of sp³-hybridized carbons (Fsp3) is 0.615. The molecule has 1 aromatic heterocycles. The molecule has 0 aliphatic heterocycles. The molecule has 2 N–H and O–H groups in total. The molecule has 1 rings (SSSR count). The van der Waals surface area contributed by atoms with Gasteiger partial charge >= 0.3 is 6.18 Å². The maximum absolute atomic E-state index is 12.0. The van der Waals surface area contributed by atoms with Crippen LogP contribution >= 0.6 is 11.3 Å². The standard InChI is InChI=1S/C13H20F3N3S/c1-2-17-12(19-10-11-6-5-9-20-11)18-8-4-3-7-13(14,15)16/h5-6,9H,2-4,7-8,10H2,1H3,(H2,17,18,19). The minimum absolute atomic E-state index is 0.140. The van der Waals surface area contributed by atoms with E-state index in [2.05, 4.69) is 15.6 Å². The van der Waals surface area contributed by atoms with Crippen molar-refractivity contribution in [1.82, 2.24) is 10.6 Å². The summed E-state index contributed by atoms with van der Waals surface area (Å²) in [4.78, 5) is 5.54. The number of nitrogens with zero attached hydrogens (tertiary/aromatic N) is 1. The lowest BCUT2D eigenvalue weighted by atomic mass is 10.2. The van der Waals surface area contributed by atoms with Crippen LogP contribution in [0.2, 0.25) is 0 Å². The van der Waals surface area contributed by atoms with Crippen LogP contribution in [0.25, 0.3) is 0 Å². The van der Waals surface area contributed by atoms with Gasteiger partial charge in [-0.2, -0.15) is 13.2 Å². The smallest absolute Gasteiger partial charge is 0.357 e. The highest BCUT2D eigenvalue weighted by atomic mass is 32.1. The molecule has 0 fully saturated rings. The van der Waals surface area contributed by atoms with Crippen molar-refractivity contribution in [1.29, 1.82) is 0 Å². The van der Waals surface area contributed by atoms with Crippen LogP contribution in [-0.2, 0) is 6.54 Å². The average Bonchev–Trinajstić information content (AvgIpc) is 2.87. The zero-order valence-corrected chi connectivity index (χ0v) is 12.3. The summed E-state index contributed by atoms with van der Waals surface area (Å²) in [7, 11) is 0. The molecule has 0 unspecified atom stereocenters. The van der Waals surface area contributed by atoms with E-state index >= 15 is 0 Å². The van der Waals surface area contributed by atoms with Crippen molar-refractivity contribution < 1.29 is 13.2 Å². The van der Waals surface area contributed by atoms with Gasteiger partial charge in [-0.15, -0.1) is 11.3 Å². The van der Waals surface area contributed by atoms with Gasteiger partial charge < -0.3 is 10.6 Å². The van der Waals surface area contributed by atoms with E-state index in [1.54, 1.807) is 11.3 Å². The molecule has 114 valence electrons. The zero-order chi connectivity index (χ0) is 14.8. The van der Waals surface area contributed by atoms with Crippen LogP contribution in [0.4, 0.5) is 13.2 Å². The Bertz CT molecular complexity index is 388. The predicted molar refractivity (Wildman–Crippen MR) is 77.0 cm³/mol. The first-order valence-corrected chi connectivity index (χ1v) is 7.50. The quantitative estimate of drug-likeness (QED) is 0.459. The van der Waals surface area contributed by atoms with Gasteiger partial charge in [0.25, 0.3) is 0 Å². The number of halogens is 3. The van der Waals surface area contributed by atoms with E-state index in [1.807, 2.05) is 24.4 Å². The summed E-state index contributed by atoms with van der Waals surface area (Å²) in [6.45, 7) is 3.74. The summed E-state index contributed by atoms with van der Waals surface area (Å²) in [6.07, 6.45) is -4.17. The van der Waals surface area contributed by atoms with Crippen molar-refractivity contribution in [3.8, 4) is 0 Å². The van der Waals surface area contributed by atoms with Gasteiger partial charge in [0.15, 0.2) is 5.96 Å². The molecule has 7 heteroatoms. The number of guanidine groups is 1. The number of hydrogen-bond acceptors (Lipinski definition) is 2. The van der Waals surface area contributed by atoms with E-state index in [-0.39, 0.29) is 6.42 Å². The molecular formula is C13H20F3N3S. The van der Waals surface area contributed by atoms with Gasteiger partial charge in [-0.1, -0.05) is 6.07 Å². The van der Waals surface area contributed by atoms with Crippen LogP contribution in [-0.4, -0.2) is 25.2 Å². The highest BCUT2D eigenvalue weighted by molar-refractivity contribution is 7.09. The first kappa shape index (κ1) is 16.8. The van der Waals surface area contributed by atoms with Gasteiger partial charge in [0.2, 0.25) is 0 Å². The molecule has 0 bridgehead atoms. The Labute approximate surface area is 121 Å². The number of unbranched alkanes of at least 4 members (excludes halogenated alkanes) is 1. The Morgan fingerprint density at radius 2 is 2.10 bits per heavy atom. The molecule has 0 spiro atoms. The molecule has 1 aromatic rings. The maximum Gasteiger partial charge on any atom is 0.389 e. The second kappa shape index (κ2) is 8.84. The lowest BCUT2D eigenvalue weighted by Gasteiger charge is -2.11. The molecule has 0 aliphatic carbocycles. The number of nitrogens with one attached hydrogen (secondary N) is 2. The zero-order valence-electron chi connectivity index (χ0n) is 11.5. The molecule has 0 aromatic carbocycles. The molecule has 0 aliphatic rings. The Hall–Kier alpha value is -1.24. The van der Waals surface area contributed by atoms with Crippen LogP contribution < -0.4 is 10.6 Å². The molecule has 1 heterocycles. The van der Waals surface area contributed by atoms with Crippen molar-refractivity contribution >= 4 is 17.3 Å². The molecule has 20 heavy (non-hydrogen) atoms. The molecular weight excluding hydrogens is 287 g/mol. The fourth-order valence-corrected chi connectivity index (χ4v) is 2.19. The van der Waals surface area contributed by atoms with Crippen LogP contribution in [0.3, 0.4) is 0 Å².